The van der Waals surface area contributed by atoms with Gasteiger partial charge in [0, 0.05) is 18.7 Å². The van der Waals surface area contributed by atoms with Gasteiger partial charge in [0.05, 0.1) is 11.5 Å². The van der Waals surface area contributed by atoms with Gasteiger partial charge in [0.2, 0.25) is 11.8 Å². The topological polar surface area (TPSA) is 58.2 Å². The van der Waals surface area contributed by atoms with E-state index in [0.29, 0.717) is 18.2 Å². The Kier molecular flexibility index (Phi) is 5.16. The molecule has 2 aromatic carbocycles. The lowest BCUT2D eigenvalue weighted by molar-refractivity contribution is -0.138. The van der Waals surface area contributed by atoms with Crippen LogP contribution in [-0.2, 0) is 28.7 Å². The zero-order valence-corrected chi connectivity index (χ0v) is 14.1. The zero-order valence-electron chi connectivity index (χ0n) is 14.1. The lowest BCUT2D eigenvalue weighted by Gasteiger charge is -2.14. The molecule has 1 fully saturated rings. The van der Waals surface area contributed by atoms with Crippen LogP contribution in [0, 0.1) is 11.7 Å². The molecule has 3 rings (SSSR count). The summed E-state index contributed by atoms with van der Waals surface area (Å²) in [5.41, 5.74) is 0.356. The minimum Gasteiger partial charge on any atom is -0.381 e. The minimum atomic E-state index is -4.64. The van der Waals surface area contributed by atoms with E-state index in [1.165, 1.54) is 0 Å². The highest BCUT2D eigenvalue weighted by molar-refractivity contribution is 6.03. The smallest absolute Gasteiger partial charge is 0.381 e. The van der Waals surface area contributed by atoms with Crippen LogP contribution >= 0.6 is 0 Å². The SMILES string of the molecule is O=C1C[C@@H](Cc2ccc(NCc3ccc(F)cc3C(F)(F)F)cc2)C(=O)N1. The lowest BCUT2D eigenvalue weighted by Crippen LogP contribution is -2.22. The van der Waals surface area contributed by atoms with Crippen LogP contribution in [0.25, 0.3) is 0 Å². The van der Waals surface area contributed by atoms with E-state index >= 15 is 0 Å². The van der Waals surface area contributed by atoms with Crippen LogP contribution in [-0.4, -0.2) is 11.8 Å². The molecule has 2 aromatic rings. The number of rotatable bonds is 5. The quantitative estimate of drug-likeness (QED) is 0.615. The first-order valence-corrected chi connectivity index (χ1v) is 8.24. The second-order valence-electron chi connectivity index (χ2n) is 6.37. The van der Waals surface area contributed by atoms with Gasteiger partial charge in [0.1, 0.15) is 5.82 Å². The molecule has 0 radical (unpaired) electrons. The van der Waals surface area contributed by atoms with E-state index in [0.717, 1.165) is 17.7 Å². The number of alkyl halides is 3. The molecule has 0 aromatic heterocycles. The van der Waals surface area contributed by atoms with Crippen molar-refractivity contribution in [2.24, 2.45) is 5.92 Å². The molecule has 0 saturated carbocycles. The summed E-state index contributed by atoms with van der Waals surface area (Å²) in [4.78, 5) is 22.8. The van der Waals surface area contributed by atoms with E-state index in [9.17, 15) is 27.2 Å². The van der Waals surface area contributed by atoms with Gasteiger partial charge in [-0.1, -0.05) is 18.2 Å². The van der Waals surface area contributed by atoms with E-state index < -0.39 is 23.5 Å². The summed E-state index contributed by atoms with van der Waals surface area (Å²) in [6.45, 7) is -0.117. The van der Waals surface area contributed by atoms with Crippen molar-refractivity contribution >= 4 is 17.5 Å². The van der Waals surface area contributed by atoms with Gasteiger partial charge in [0.25, 0.3) is 0 Å². The Labute approximate surface area is 152 Å². The number of carbonyl (C=O) groups excluding carboxylic acids is 2. The van der Waals surface area contributed by atoms with Crippen molar-refractivity contribution in [3.63, 3.8) is 0 Å². The zero-order chi connectivity index (χ0) is 19.6. The molecule has 1 heterocycles. The van der Waals surface area contributed by atoms with Crippen LogP contribution in [0.1, 0.15) is 23.1 Å². The Bertz CT molecular complexity index is 863. The molecular formula is C19H16F4N2O2. The first-order chi connectivity index (χ1) is 12.7. The molecule has 8 heteroatoms. The van der Waals surface area contributed by atoms with Crippen molar-refractivity contribution < 1.29 is 27.2 Å². The maximum atomic E-state index is 13.1. The first kappa shape index (κ1) is 18.9. The van der Waals surface area contributed by atoms with Crippen molar-refractivity contribution in [2.75, 3.05) is 5.32 Å². The van der Waals surface area contributed by atoms with Crippen LogP contribution in [0.15, 0.2) is 42.5 Å². The molecule has 27 heavy (non-hydrogen) atoms. The molecule has 1 aliphatic rings. The summed E-state index contributed by atoms with van der Waals surface area (Å²) in [5.74, 6) is -1.92. The molecule has 0 aliphatic carbocycles. The third-order valence-electron chi connectivity index (χ3n) is 4.36. The van der Waals surface area contributed by atoms with Crippen molar-refractivity contribution in [3.05, 3.63) is 65.0 Å². The minimum absolute atomic E-state index is 0.0610. The van der Waals surface area contributed by atoms with E-state index in [-0.39, 0.29) is 30.3 Å². The lowest BCUT2D eigenvalue weighted by atomic mass is 9.98. The predicted molar refractivity (Wildman–Crippen MR) is 90.1 cm³/mol. The van der Waals surface area contributed by atoms with Gasteiger partial charge < -0.3 is 5.32 Å². The van der Waals surface area contributed by atoms with Crippen LogP contribution in [0.3, 0.4) is 0 Å². The van der Waals surface area contributed by atoms with Gasteiger partial charge in [-0.25, -0.2) is 4.39 Å². The van der Waals surface area contributed by atoms with Crippen LogP contribution in [0.2, 0.25) is 0 Å². The number of nitrogens with one attached hydrogen (secondary N) is 2. The van der Waals surface area contributed by atoms with Crippen molar-refractivity contribution in [2.45, 2.75) is 25.6 Å². The Morgan fingerprint density at radius 3 is 2.37 bits per heavy atom. The monoisotopic (exact) mass is 380 g/mol. The second-order valence-corrected chi connectivity index (χ2v) is 6.37. The summed E-state index contributed by atoms with van der Waals surface area (Å²) < 4.78 is 52.2. The van der Waals surface area contributed by atoms with Crippen molar-refractivity contribution in [1.29, 1.82) is 0 Å². The van der Waals surface area contributed by atoms with E-state index in [4.69, 9.17) is 0 Å². The largest absolute Gasteiger partial charge is 0.416 e. The molecular weight excluding hydrogens is 364 g/mol. The summed E-state index contributed by atoms with van der Waals surface area (Å²) in [5, 5.41) is 5.12. The number of halogens is 4. The molecule has 0 unspecified atom stereocenters. The molecule has 1 aliphatic heterocycles. The molecule has 1 saturated heterocycles. The third kappa shape index (κ3) is 4.64. The fourth-order valence-electron chi connectivity index (χ4n) is 2.98. The summed E-state index contributed by atoms with van der Waals surface area (Å²) >= 11 is 0. The highest BCUT2D eigenvalue weighted by Crippen LogP contribution is 2.33. The molecule has 0 spiro atoms. The Morgan fingerprint density at radius 2 is 1.78 bits per heavy atom. The van der Waals surface area contributed by atoms with Gasteiger partial charge in [-0.3, -0.25) is 14.9 Å². The average molecular weight is 380 g/mol. The highest BCUT2D eigenvalue weighted by Gasteiger charge is 2.33. The maximum absolute atomic E-state index is 13.1. The highest BCUT2D eigenvalue weighted by atomic mass is 19.4. The number of imide groups is 1. The average Bonchev–Trinajstić information content (AvgIpc) is 2.91. The Hall–Kier alpha value is -2.90. The van der Waals surface area contributed by atoms with Gasteiger partial charge >= 0.3 is 6.18 Å². The van der Waals surface area contributed by atoms with Crippen LogP contribution < -0.4 is 10.6 Å². The molecule has 1 atom stereocenters. The fourth-order valence-corrected chi connectivity index (χ4v) is 2.98. The van der Waals surface area contributed by atoms with Gasteiger partial charge in [-0.05, 0) is 41.8 Å². The normalized spacial score (nSPS) is 17.1. The molecule has 2 N–H and O–H groups in total. The number of anilines is 1. The summed E-state index contributed by atoms with van der Waals surface area (Å²) in [7, 11) is 0. The summed E-state index contributed by atoms with van der Waals surface area (Å²) in [6, 6.07) is 9.43. The van der Waals surface area contributed by atoms with Gasteiger partial charge in [-0.2, -0.15) is 13.2 Å². The molecule has 4 nitrogen and oxygen atoms in total. The standard InChI is InChI=1S/C19H16F4N2O2/c20-14-4-3-12(16(9-14)19(21,22)23)10-24-15-5-1-11(2-6-15)7-13-8-17(26)25-18(13)27/h1-6,9,13,24H,7-8,10H2,(H,25,26,27)/t13-/m1/s1. The molecule has 142 valence electrons. The number of benzene rings is 2. The molecule has 2 amide bonds. The number of hydrogen-bond acceptors (Lipinski definition) is 3. The number of hydrogen-bond donors (Lipinski definition) is 2. The Balaban J connectivity index is 1.64. The van der Waals surface area contributed by atoms with E-state index in [2.05, 4.69) is 10.6 Å². The van der Waals surface area contributed by atoms with Gasteiger partial charge in [-0.15, -0.1) is 0 Å². The molecule has 0 bridgehead atoms. The fraction of sp³-hybridized carbons (Fsp3) is 0.263. The van der Waals surface area contributed by atoms with E-state index in [1.54, 1.807) is 24.3 Å². The maximum Gasteiger partial charge on any atom is 0.416 e. The second kappa shape index (κ2) is 7.38. The third-order valence-corrected chi connectivity index (χ3v) is 4.36. The Morgan fingerprint density at radius 1 is 1.07 bits per heavy atom. The van der Waals surface area contributed by atoms with Crippen molar-refractivity contribution in [3.8, 4) is 0 Å². The van der Waals surface area contributed by atoms with Crippen molar-refractivity contribution in [1.82, 2.24) is 5.32 Å². The van der Waals surface area contributed by atoms with E-state index in [1.807, 2.05) is 0 Å². The summed E-state index contributed by atoms with van der Waals surface area (Å²) in [6.07, 6.45) is -4.07. The van der Waals surface area contributed by atoms with Gasteiger partial charge in [0.15, 0.2) is 0 Å². The van der Waals surface area contributed by atoms with Crippen LogP contribution in [0.5, 0.6) is 0 Å². The van der Waals surface area contributed by atoms with Crippen LogP contribution in [0.4, 0.5) is 23.2 Å². The number of amides is 2. The first-order valence-electron chi connectivity index (χ1n) is 8.24. The number of carbonyl (C=O) groups is 2. The predicted octanol–water partition coefficient (Wildman–Crippen LogP) is 3.66.